The minimum absolute atomic E-state index is 0.603. The molecular formula is C24H31N5S. The van der Waals surface area contributed by atoms with Gasteiger partial charge in [0.1, 0.15) is 10.7 Å². The van der Waals surface area contributed by atoms with E-state index < -0.39 is 0 Å². The quantitative estimate of drug-likeness (QED) is 0.526. The molecule has 0 radical (unpaired) electrons. The summed E-state index contributed by atoms with van der Waals surface area (Å²) in [5.74, 6) is 0.603. The van der Waals surface area contributed by atoms with Gasteiger partial charge in [0, 0.05) is 29.3 Å². The highest BCUT2D eigenvalue weighted by atomic mass is 32.1. The molecular weight excluding hydrogens is 390 g/mol. The highest BCUT2D eigenvalue weighted by Gasteiger charge is 2.20. The first-order valence-corrected chi connectivity index (χ1v) is 11.6. The monoisotopic (exact) mass is 421 g/mol. The zero-order valence-corrected chi connectivity index (χ0v) is 19.2. The van der Waals surface area contributed by atoms with Gasteiger partial charge in [-0.2, -0.15) is 0 Å². The number of aryl methyl sites for hydroxylation is 3. The zero-order chi connectivity index (χ0) is 21.1. The lowest BCUT2D eigenvalue weighted by Gasteiger charge is -2.30. The van der Waals surface area contributed by atoms with Crippen molar-refractivity contribution in [2.75, 3.05) is 12.4 Å². The van der Waals surface area contributed by atoms with Crippen molar-refractivity contribution in [2.24, 2.45) is 0 Å². The Morgan fingerprint density at radius 2 is 1.77 bits per heavy atom. The molecule has 1 aliphatic rings. The summed E-state index contributed by atoms with van der Waals surface area (Å²) in [4.78, 5) is 17.8. The SMILES string of the molecule is Cc1cc(C)cc(Nc2nccc(-c3nc(C)c(CN(C)C4CCCCC4)s3)n2)c1. The van der Waals surface area contributed by atoms with Gasteiger partial charge in [-0.15, -0.1) is 11.3 Å². The molecule has 0 aliphatic heterocycles. The number of aromatic nitrogens is 3. The highest BCUT2D eigenvalue weighted by Crippen LogP contribution is 2.30. The lowest BCUT2D eigenvalue weighted by Crippen LogP contribution is -2.32. The third kappa shape index (κ3) is 5.05. The van der Waals surface area contributed by atoms with Crippen LogP contribution in [-0.4, -0.2) is 32.9 Å². The first kappa shape index (κ1) is 20.9. The predicted octanol–water partition coefficient (Wildman–Crippen LogP) is 6.03. The van der Waals surface area contributed by atoms with Crippen molar-refractivity contribution in [1.82, 2.24) is 19.9 Å². The normalized spacial score (nSPS) is 15.0. The standard InChI is InChI=1S/C24H31N5S/c1-16-12-17(2)14-19(13-16)27-24-25-11-10-21(28-24)23-26-18(3)22(30-23)15-29(4)20-8-6-5-7-9-20/h10-14,20H,5-9,15H2,1-4H3,(H,25,27,28). The second-order valence-electron chi connectivity index (χ2n) is 8.50. The minimum Gasteiger partial charge on any atom is -0.324 e. The van der Waals surface area contributed by atoms with Crippen molar-refractivity contribution < 1.29 is 0 Å². The minimum atomic E-state index is 0.603. The molecule has 2 aromatic heterocycles. The third-order valence-corrected chi connectivity index (χ3v) is 7.00. The molecule has 1 N–H and O–H groups in total. The van der Waals surface area contributed by atoms with Crippen molar-refractivity contribution in [2.45, 2.75) is 65.5 Å². The van der Waals surface area contributed by atoms with Crippen LogP contribution in [0.1, 0.15) is 53.8 Å². The van der Waals surface area contributed by atoms with Gasteiger partial charge >= 0.3 is 0 Å². The topological polar surface area (TPSA) is 53.9 Å². The number of nitrogens with zero attached hydrogens (tertiary/aromatic N) is 4. The molecule has 2 heterocycles. The molecule has 0 unspecified atom stereocenters. The number of nitrogens with one attached hydrogen (secondary N) is 1. The molecule has 1 saturated carbocycles. The molecule has 0 saturated heterocycles. The summed E-state index contributed by atoms with van der Waals surface area (Å²) >= 11 is 1.75. The number of benzene rings is 1. The van der Waals surface area contributed by atoms with Gasteiger partial charge in [0.15, 0.2) is 0 Å². The maximum Gasteiger partial charge on any atom is 0.227 e. The summed E-state index contributed by atoms with van der Waals surface area (Å²) in [6.45, 7) is 7.27. The molecule has 1 aliphatic carbocycles. The van der Waals surface area contributed by atoms with Crippen molar-refractivity contribution in [3.8, 4) is 10.7 Å². The number of hydrogen-bond donors (Lipinski definition) is 1. The molecule has 5 nitrogen and oxygen atoms in total. The molecule has 1 aromatic carbocycles. The van der Waals surface area contributed by atoms with Gasteiger partial charge in [0.2, 0.25) is 5.95 Å². The Morgan fingerprint density at radius 1 is 1.03 bits per heavy atom. The summed E-state index contributed by atoms with van der Waals surface area (Å²) in [6, 6.07) is 9.02. The van der Waals surface area contributed by atoms with Gasteiger partial charge in [-0.25, -0.2) is 15.0 Å². The third-order valence-electron chi connectivity index (χ3n) is 5.84. The number of hydrogen-bond acceptors (Lipinski definition) is 6. The van der Waals surface area contributed by atoms with Crippen LogP contribution in [0.3, 0.4) is 0 Å². The number of rotatable bonds is 6. The smallest absolute Gasteiger partial charge is 0.227 e. The van der Waals surface area contributed by atoms with Crippen molar-refractivity contribution in [3.63, 3.8) is 0 Å². The summed E-state index contributed by atoms with van der Waals surface area (Å²) < 4.78 is 0. The molecule has 30 heavy (non-hydrogen) atoms. The molecule has 6 heteroatoms. The van der Waals surface area contributed by atoms with Gasteiger partial charge in [0.25, 0.3) is 0 Å². The largest absolute Gasteiger partial charge is 0.324 e. The van der Waals surface area contributed by atoms with Gasteiger partial charge < -0.3 is 5.32 Å². The lowest BCUT2D eigenvalue weighted by atomic mass is 9.94. The van der Waals surface area contributed by atoms with Crippen LogP contribution in [0.2, 0.25) is 0 Å². The predicted molar refractivity (Wildman–Crippen MR) is 125 cm³/mol. The van der Waals surface area contributed by atoms with Crippen LogP contribution < -0.4 is 5.32 Å². The summed E-state index contributed by atoms with van der Waals surface area (Å²) in [5.41, 5.74) is 5.43. The second-order valence-corrected chi connectivity index (χ2v) is 9.59. The van der Waals surface area contributed by atoms with Gasteiger partial charge in [-0.3, -0.25) is 4.90 Å². The van der Waals surface area contributed by atoms with Gasteiger partial charge in [0.05, 0.1) is 5.69 Å². The Kier molecular flexibility index (Phi) is 6.44. The molecule has 1 fully saturated rings. The maximum atomic E-state index is 4.83. The molecule has 158 valence electrons. The Balaban J connectivity index is 1.50. The fourth-order valence-electron chi connectivity index (χ4n) is 4.28. The Labute approximate surface area is 183 Å². The van der Waals surface area contributed by atoms with Crippen LogP contribution in [0, 0.1) is 20.8 Å². The molecule has 3 aromatic rings. The van der Waals surface area contributed by atoms with E-state index in [1.165, 1.54) is 48.1 Å². The Bertz CT molecular complexity index is 986. The van der Waals surface area contributed by atoms with E-state index in [0.717, 1.165) is 28.6 Å². The van der Waals surface area contributed by atoms with Crippen molar-refractivity contribution >= 4 is 23.0 Å². The van der Waals surface area contributed by atoms with Gasteiger partial charge in [-0.05, 0) is 70.0 Å². The average Bonchev–Trinajstić information content (AvgIpc) is 3.08. The van der Waals surface area contributed by atoms with E-state index in [-0.39, 0.29) is 0 Å². The van der Waals surface area contributed by atoms with Crippen LogP contribution in [0.25, 0.3) is 10.7 Å². The van der Waals surface area contributed by atoms with Crippen molar-refractivity contribution in [3.05, 3.63) is 52.2 Å². The fraction of sp³-hybridized carbons (Fsp3) is 0.458. The Hall–Kier alpha value is -2.31. The van der Waals surface area contributed by atoms with Crippen LogP contribution in [0.4, 0.5) is 11.6 Å². The lowest BCUT2D eigenvalue weighted by molar-refractivity contribution is 0.185. The first-order chi connectivity index (χ1) is 14.5. The van der Waals surface area contributed by atoms with E-state index in [1.54, 1.807) is 17.5 Å². The molecule has 0 amide bonds. The van der Waals surface area contributed by atoms with E-state index in [1.807, 2.05) is 6.07 Å². The molecule has 0 bridgehead atoms. The van der Waals surface area contributed by atoms with E-state index in [4.69, 9.17) is 9.97 Å². The van der Waals surface area contributed by atoms with Crippen molar-refractivity contribution in [1.29, 1.82) is 0 Å². The summed E-state index contributed by atoms with van der Waals surface area (Å²) in [5, 5.41) is 4.30. The average molecular weight is 422 g/mol. The summed E-state index contributed by atoms with van der Waals surface area (Å²) in [7, 11) is 2.26. The summed E-state index contributed by atoms with van der Waals surface area (Å²) in [6.07, 6.45) is 8.55. The second kappa shape index (κ2) is 9.23. The van der Waals surface area contributed by atoms with Gasteiger partial charge in [-0.1, -0.05) is 25.3 Å². The fourth-order valence-corrected chi connectivity index (χ4v) is 5.37. The van der Waals surface area contributed by atoms with Crippen LogP contribution in [0.5, 0.6) is 0 Å². The molecule has 0 spiro atoms. The van der Waals surface area contributed by atoms with E-state index in [0.29, 0.717) is 12.0 Å². The van der Waals surface area contributed by atoms with Crippen LogP contribution in [-0.2, 0) is 6.54 Å². The number of thiazole rings is 1. The number of anilines is 2. The van der Waals surface area contributed by atoms with Crippen LogP contribution >= 0.6 is 11.3 Å². The first-order valence-electron chi connectivity index (χ1n) is 10.8. The van der Waals surface area contributed by atoms with E-state index >= 15 is 0 Å². The molecule has 0 atom stereocenters. The maximum absolute atomic E-state index is 4.83. The highest BCUT2D eigenvalue weighted by molar-refractivity contribution is 7.15. The Morgan fingerprint density at radius 3 is 2.50 bits per heavy atom. The van der Waals surface area contributed by atoms with E-state index in [2.05, 4.69) is 61.2 Å². The van der Waals surface area contributed by atoms with Crippen LogP contribution in [0.15, 0.2) is 30.5 Å². The zero-order valence-electron chi connectivity index (χ0n) is 18.4. The molecule has 4 rings (SSSR count). The van der Waals surface area contributed by atoms with E-state index in [9.17, 15) is 0 Å².